The highest BCUT2D eigenvalue weighted by Crippen LogP contribution is 2.38. The molecule has 0 aliphatic rings. The Kier molecular flexibility index (Phi) is 6.89. The van der Waals surface area contributed by atoms with Crippen LogP contribution in [0.15, 0.2) is 42.5 Å². The lowest BCUT2D eigenvalue weighted by molar-refractivity contribution is -0.141. The summed E-state index contributed by atoms with van der Waals surface area (Å²) in [5.74, 6) is -2.10. The standard InChI is InChI=1S/C18H8Cl4F4N4O2/c19-8-1-6-12(23)11(7-8)16(31)29(22)17(32)27-9-2-4-10(5-3-9)30-15(21)13(20)14(28-30)18(24,25)26/h1-7H,(H,27,32). The highest BCUT2D eigenvalue weighted by Gasteiger charge is 2.39. The van der Waals surface area contributed by atoms with Crippen molar-refractivity contribution in [1.82, 2.24) is 14.2 Å². The molecular weight excluding hydrogens is 522 g/mol. The Hall–Kier alpha value is -2.53. The van der Waals surface area contributed by atoms with Gasteiger partial charge in [0, 0.05) is 22.5 Å². The zero-order valence-electron chi connectivity index (χ0n) is 15.2. The molecule has 6 nitrogen and oxygen atoms in total. The fourth-order valence-corrected chi connectivity index (χ4v) is 3.20. The monoisotopic (exact) mass is 528 g/mol. The van der Waals surface area contributed by atoms with Gasteiger partial charge in [-0.2, -0.15) is 22.7 Å². The molecule has 0 radical (unpaired) electrons. The van der Waals surface area contributed by atoms with Gasteiger partial charge in [0.2, 0.25) is 0 Å². The van der Waals surface area contributed by atoms with E-state index in [9.17, 15) is 27.2 Å². The Labute approximate surface area is 197 Å². The summed E-state index contributed by atoms with van der Waals surface area (Å²) in [6.07, 6.45) is -4.81. The van der Waals surface area contributed by atoms with Crippen LogP contribution < -0.4 is 5.32 Å². The Balaban J connectivity index is 1.77. The third-order valence-corrected chi connectivity index (χ3v) is 5.27. The van der Waals surface area contributed by atoms with Gasteiger partial charge in [-0.3, -0.25) is 4.79 Å². The van der Waals surface area contributed by atoms with Crippen LogP contribution in [0.25, 0.3) is 5.69 Å². The quantitative estimate of drug-likeness (QED) is 0.299. The fourth-order valence-electron chi connectivity index (χ4n) is 2.45. The Morgan fingerprint density at radius 2 is 1.66 bits per heavy atom. The van der Waals surface area contributed by atoms with Gasteiger partial charge in [-0.05, 0) is 42.5 Å². The van der Waals surface area contributed by atoms with Crippen molar-refractivity contribution in [2.75, 3.05) is 5.32 Å². The van der Waals surface area contributed by atoms with Gasteiger partial charge >= 0.3 is 12.2 Å². The first-order valence-electron chi connectivity index (χ1n) is 8.28. The number of amides is 3. The highest BCUT2D eigenvalue weighted by molar-refractivity contribution is 6.42. The molecule has 3 aromatic rings. The number of nitrogens with zero attached hydrogens (tertiary/aromatic N) is 3. The minimum atomic E-state index is -4.81. The lowest BCUT2D eigenvalue weighted by Crippen LogP contribution is -2.33. The summed E-state index contributed by atoms with van der Waals surface area (Å²) in [7, 11) is 0. The van der Waals surface area contributed by atoms with Crippen LogP contribution in [0, 0.1) is 5.82 Å². The predicted octanol–water partition coefficient (Wildman–Crippen LogP) is 6.82. The van der Waals surface area contributed by atoms with Gasteiger partial charge in [0.15, 0.2) is 10.8 Å². The number of anilines is 1. The summed E-state index contributed by atoms with van der Waals surface area (Å²) in [5.41, 5.74) is -1.67. The second-order valence-corrected chi connectivity index (χ2v) is 7.56. The number of benzene rings is 2. The van der Waals surface area contributed by atoms with Crippen molar-refractivity contribution in [3.8, 4) is 5.69 Å². The van der Waals surface area contributed by atoms with Crippen molar-refractivity contribution in [2.45, 2.75) is 6.18 Å². The molecule has 0 spiro atoms. The van der Waals surface area contributed by atoms with Gasteiger partial charge in [-0.15, -0.1) is 0 Å². The molecule has 0 bridgehead atoms. The second-order valence-electron chi connectivity index (χ2n) is 6.05. The number of hydrogen-bond acceptors (Lipinski definition) is 3. The number of hydrogen-bond donors (Lipinski definition) is 1. The van der Waals surface area contributed by atoms with Gasteiger partial charge in [0.25, 0.3) is 5.91 Å². The van der Waals surface area contributed by atoms with E-state index in [2.05, 4.69) is 10.4 Å². The molecule has 0 unspecified atom stereocenters. The molecule has 3 rings (SSSR count). The summed E-state index contributed by atoms with van der Waals surface area (Å²) in [6.45, 7) is 0. The van der Waals surface area contributed by atoms with Gasteiger partial charge in [-0.25, -0.2) is 13.9 Å². The largest absolute Gasteiger partial charge is 0.436 e. The van der Waals surface area contributed by atoms with Gasteiger partial charge < -0.3 is 5.32 Å². The van der Waals surface area contributed by atoms with Crippen molar-refractivity contribution < 1.29 is 27.2 Å². The number of nitrogens with one attached hydrogen (secondary N) is 1. The number of aromatic nitrogens is 2. The van der Waals surface area contributed by atoms with Crippen LogP contribution in [0.3, 0.4) is 0 Å². The summed E-state index contributed by atoms with van der Waals surface area (Å²) >= 11 is 22.9. The first kappa shape index (κ1) is 24.1. The molecule has 32 heavy (non-hydrogen) atoms. The number of urea groups is 1. The molecule has 2 aromatic carbocycles. The SMILES string of the molecule is O=C(Nc1ccc(-n2nc(C(F)(F)F)c(Cl)c2Cl)cc1)N(Cl)C(=O)c1cc(Cl)ccc1F. The lowest BCUT2D eigenvalue weighted by Gasteiger charge is -2.14. The molecular formula is C18H8Cl4F4N4O2. The number of imide groups is 1. The minimum absolute atomic E-state index is 0.0573. The van der Waals surface area contributed by atoms with Crippen LogP contribution in [0.1, 0.15) is 16.1 Å². The molecule has 0 saturated carbocycles. The van der Waals surface area contributed by atoms with Crippen molar-refractivity contribution in [1.29, 1.82) is 0 Å². The fraction of sp³-hybridized carbons (Fsp3) is 0.0556. The first-order chi connectivity index (χ1) is 14.9. The van der Waals surface area contributed by atoms with Crippen molar-refractivity contribution in [2.24, 2.45) is 0 Å². The van der Waals surface area contributed by atoms with E-state index in [0.717, 1.165) is 16.8 Å². The van der Waals surface area contributed by atoms with Crippen LogP contribution >= 0.6 is 46.6 Å². The summed E-state index contributed by atoms with van der Waals surface area (Å²) in [5, 5.41) is 4.47. The van der Waals surface area contributed by atoms with E-state index in [1.165, 1.54) is 30.3 Å². The van der Waals surface area contributed by atoms with Crippen LogP contribution in [0.4, 0.5) is 28.0 Å². The molecule has 1 heterocycles. The number of carbonyl (C=O) groups excluding carboxylic acids is 2. The number of halogens is 8. The number of carbonyl (C=O) groups is 2. The first-order valence-corrected chi connectivity index (χ1v) is 9.75. The van der Waals surface area contributed by atoms with E-state index in [0.29, 0.717) is 0 Å². The van der Waals surface area contributed by atoms with Crippen LogP contribution in [0.5, 0.6) is 0 Å². The van der Waals surface area contributed by atoms with Crippen molar-refractivity contribution in [3.05, 3.63) is 74.7 Å². The molecule has 3 amide bonds. The molecule has 0 saturated heterocycles. The van der Waals surface area contributed by atoms with E-state index in [4.69, 9.17) is 46.6 Å². The normalized spacial score (nSPS) is 11.4. The molecule has 0 atom stereocenters. The summed E-state index contributed by atoms with van der Waals surface area (Å²) in [4.78, 5) is 24.5. The summed E-state index contributed by atoms with van der Waals surface area (Å²) < 4.78 is 53.5. The minimum Gasteiger partial charge on any atom is -0.306 e. The number of alkyl halides is 3. The van der Waals surface area contributed by atoms with E-state index in [1.807, 2.05) is 0 Å². The van der Waals surface area contributed by atoms with E-state index in [1.54, 1.807) is 0 Å². The maximum absolute atomic E-state index is 13.8. The zero-order chi connectivity index (χ0) is 23.8. The molecule has 0 fully saturated rings. The lowest BCUT2D eigenvalue weighted by atomic mass is 10.2. The van der Waals surface area contributed by atoms with Crippen LogP contribution in [-0.2, 0) is 6.18 Å². The van der Waals surface area contributed by atoms with Gasteiger partial charge in [0.1, 0.15) is 10.8 Å². The maximum atomic E-state index is 13.8. The molecule has 14 heteroatoms. The van der Waals surface area contributed by atoms with Crippen molar-refractivity contribution >= 4 is 64.2 Å². The average molecular weight is 530 g/mol. The Morgan fingerprint density at radius 3 is 2.22 bits per heavy atom. The van der Waals surface area contributed by atoms with E-state index >= 15 is 0 Å². The maximum Gasteiger partial charge on any atom is 0.436 e. The average Bonchev–Trinajstić information content (AvgIpc) is 3.04. The van der Waals surface area contributed by atoms with Gasteiger partial charge in [0.05, 0.1) is 11.3 Å². The zero-order valence-corrected chi connectivity index (χ0v) is 18.2. The number of rotatable bonds is 3. The molecule has 0 aliphatic carbocycles. The van der Waals surface area contributed by atoms with E-state index < -0.39 is 45.4 Å². The third-order valence-electron chi connectivity index (χ3n) is 3.92. The van der Waals surface area contributed by atoms with Crippen LogP contribution in [0.2, 0.25) is 15.2 Å². The smallest absolute Gasteiger partial charge is 0.306 e. The Morgan fingerprint density at radius 1 is 1.03 bits per heavy atom. The molecule has 0 aliphatic heterocycles. The second kappa shape index (κ2) is 9.14. The topological polar surface area (TPSA) is 67.2 Å². The van der Waals surface area contributed by atoms with Gasteiger partial charge in [-0.1, -0.05) is 34.8 Å². The molecule has 1 aromatic heterocycles. The highest BCUT2D eigenvalue weighted by atomic mass is 35.5. The van der Waals surface area contributed by atoms with Crippen LogP contribution in [-0.4, -0.2) is 26.1 Å². The third kappa shape index (κ3) is 4.93. The molecule has 168 valence electrons. The van der Waals surface area contributed by atoms with E-state index in [-0.39, 0.29) is 20.8 Å². The molecule has 1 N–H and O–H groups in total. The summed E-state index contributed by atoms with van der Waals surface area (Å²) in [6, 6.07) is 7.15. The predicted molar refractivity (Wildman–Crippen MR) is 111 cm³/mol. The Bertz CT molecular complexity index is 1200. The van der Waals surface area contributed by atoms with Crippen molar-refractivity contribution in [3.63, 3.8) is 0 Å².